The molecule has 0 saturated carbocycles. The number of ether oxygens (including phenoxy) is 1. The second kappa shape index (κ2) is 6.27. The average Bonchev–Trinajstić information content (AvgIpc) is 2.87. The molecule has 0 radical (unpaired) electrons. The normalized spacial score (nSPS) is 12.8. The summed E-state index contributed by atoms with van der Waals surface area (Å²) in [5, 5.41) is 18.2. The van der Waals surface area contributed by atoms with Gasteiger partial charge in [-0.3, -0.25) is 9.59 Å². The molecule has 2 heterocycles. The zero-order valence-corrected chi connectivity index (χ0v) is 13.1. The molecule has 1 unspecified atom stereocenters. The van der Waals surface area contributed by atoms with E-state index in [-0.39, 0.29) is 30.4 Å². The SMILES string of the molecule is CCOC(=O)Cn1nc(C(C)O)n2nc(C(C)C)cc2c1=O. The summed E-state index contributed by atoms with van der Waals surface area (Å²) < 4.78 is 7.17. The van der Waals surface area contributed by atoms with Crippen LogP contribution in [0.3, 0.4) is 0 Å². The van der Waals surface area contributed by atoms with Crippen LogP contribution in [0.2, 0.25) is 0 Å². The third-order valence-electron chi connectivity index (χ3n) is 3.17. The number of aliphatic hydroxyl groups is 1. The van der Waals surface area contributed by atoms with Crippen molar-refractivity contribution in [2.24, 2.45) is 0 Å². The molecule has 0 bridgehead atoms. The van der Waals surface area contributed by atoms with E-state index < -0.39 is 17.6 Å². The first kappa shape index (κ1) is 16.2. The van der Waals surface area contributed by atoms with Crippen molar-refractivity contribution in [1.29, 1.82) is 0 Å². The monoisotopic (exact) mass is 308 g/mol. The molecule has 0 spiro atoms. The number of carbonyl (C=O) groups is 1. The predicted molar refractivity (Wildman–Crippen MR) is 78.6 cm³/mol. The van der Waals surface area contributed by atoms with E-state index in [1.165, 1.54) is 11.4 Å². The van der Waals surface area contributed by atoms with E-state index in [0.29, 0.717) is 0 Å². The first-order valence-electron chi connectivity index (χ1n) is 7.19. The number of carbonyl (C=O) groups excluding carboxylic acids is 1. The lowest BCUT2D eigenvalue weighted by Gasteiger charge is -2.10. The summed E-state index contributed by atoms with van der Waals surface area (Å²) in [6.07, 6.45) is -0.934. The highest BCUT2D eigenvalue weighted by molar-refractivity contribution is 5.69. The van der Waals surface area contributed by atoms with Crippen molar-refractivity contribution >= 4 is 11.5 Å². The van der Waals surface area contributed by atoms with E-state index in [2.05, 4.69) is 10.2 Å². The van der Waals surface area contributed by atoms with Crippen LogP contribution in [0.25, 0.3) is 5.52 Å². The van der Waals surface area contributed by atoms with Crippen LogP contribution in [0.4, 0.5) is 0 Å². The number of aliphatic hydroxyl groups excluding tert-OH is 1. The topological polar surface area (TPSA) is 98.7 Å². The van der Waals surface area contributed by atoms with Crippen LogP contribution in [0, 0.1) is 0 Å². The van der Waals surface area contributed by atoms with Gasteiger partial charge in [0.2, 0.25) is 0 Å². The van der Waals surface area contributed by atoms with E-state index in [4.69, 9.17) is 4.74 Å². The number of hydrogen-bond acceptors (Lipinski definition) is 6. The van der Waals surface area contributed by atoms with Crippen molar-refractivity contribution in [1.82, 2.24) is 19.4 Å². The Hall–Kier alpha value is -2.22. The Labute approximate surface area is 127 Å². The predicted octanol–water partition coefficient (Wildman–Crippen LogP) is 0.631. The molecular formula is C14H20N4O4. The standard InChI is InChI=1S/C14H20N4O4/c1-5-22-12(20)7-17-14(21)11-6-10(8(2)3)15-18(11)13(16-17)9(4)19/h6,8-9,19H,5,7H2,1-4H3. The fourth-order valence-corrected chi connectivity index (χ4v) is 2.05. The van der Waals surface area contributed by atoms with Crippen LogP contribution >= 0.6 is 0 Å². The Balaban J connectivity index is 2.61. The van der Waals surface area contributed by atoms with Gasteiger partial charge < -0.3 is 9.84 Å². The first-order chi connectivity index (χ1) is 10.3. The van der Waals surface area contributed by atoms with Crippen LogP contribution in [0.1, 0.15) is 51.2 Å². The number of fused-ring (bicyclic) bond motifs is 1. The molecule has 0 aliphatic rings. The minimum absolute atomic E-state index is 0.125. The average molecular weight is 308 g/mol. The second-order valence-electron chi connectivity index (χ2n) is 5.32. The highest BCUT2D eigenvalue weighted by Crippen LogP contribution is 2.16. The van der Waals surface area contributed by atoms with Gasteiger partial charge in [0.05, 0.1) is 12.3 Å². The molecule has 0 saturated heterocycles. The lowest BCUT2D eigenvalue weighted by Crippen LogP contribution is -2.31. The maximum absolute atomic E-state index is 12.4. The first-order valence-corrected chi connectivity index (χ1v) is 7.19. The van der Waals surface area contributed by atoms with Gasteiger partial charge in [0, 0.05) is 0 Å². The molecule has 1 N–H and O–H groups in total. The Bertz CT molecular complexity index is 745. The molecule has 22 heavy (non-hydrogen) atoms. The lowest BCUT2D eigenvalue weighted by atomic mass is 10.1. The van der Waals surface area contributed by atoms with Crippen molar-refractivity contribution in [3.8, 4) is 0 Å². The number of nitrogens with zero attached hydrogens (tertiary/aromatic N) is 4. The van der Waals surface area contributed by atoms with Crippen LogP contribution in [0.15, 0.2) is 10.9 Å². The molecule has 0 aliphatic heterocycles. The zero-order valence-electron chi connectivity index (χ0n) is 13.1. The maximum atomic E-state index is 12.4. The van der Waals surface area contributed by atoms with Crippen LogP contribution < -0.4 is 5.56 Å². The smallest absolute Gasteiger partial charge is 0.327 e. The summed E-state index contributed by atoms with van der Waals surface area (Å²) in [7, 11) is 0. The highest BCUT2D eigenvalue weighted by atomic mass is 16.5. The van der Waals surface area contributed by atoms with Crippen molar-refractivity contribution in [2.45, 2.75) is 46.3 Å². The van der Waals surface area contributed by atoms with Gasteiger partial charge in [0.25, 0.3) is 5.56 Å². The van der Waals surface area contributed by atoms with E-state index in [0.717, 1.165) is 10.4 Å². The van der Waals surface area contributed by atoms with Crippen molar-refractivity contribution < 1.29 is 14.6 Å². The Morgan fingerprint density at radius 2 is 2.05 bits per heavy atom. The van der Waals surface area contributed by atoms with E-state index >= 15 is 0 Å². The van der Waals surface area contributed by atoms with E-state index in [9.17, 15) is 14.7 Å². The van der Waals surface area contributed by atoms with E-state index in [1.54, 1.807) is 13.0 Å². The van der Waals surface area contributed by atoms with Gasteiger partial charge in [-0.15, -0.1) is 0 Å². The van der Waals surface area contributed by atoms with Gasteiger partial charge in [-0.05, 0) is 25.8 Å². The Morgan fingerprint density at radius 3 is 2.59 bits per heavy atom. The van der Waals surface area contributed by atoms with Gasteiger partial charge in [-0.25, -0.2) is 9.20 Å². The second-order valence-corrected chi connectivity index (χ2v) is 5.32. The fraction of sp³-hybridized carbons (Fsp3) is 0.571. The van der Waals surface area contributed by atoms with Gasteiger partial charge in [-0.1, -0.05) is 13.8 Å². The molecule has 2 aromatic rings. The third-order valence-corrected chi connectivity index (χ3v) is 3.17. The molecule has 0 aromatic carbocycles. The quantitative estimate of drug-likeness (QED) is 0.813. The van der Waals surface area contributed by atoms with Crippen molar-refractivity contribution in [3.63, 3.8) is 0 Å². The molecule has 0 amide bonds. The molecule has 2 rings (SSSR count). The molecule has 2 aromatic heterocycles. The zero-order chi connectivity index (χ0) is 16.4. The molecule has 0 fully saturated rings. The Morgan fingerprint density at radius 1 is 1.36 bits per heavy atom. The third kappa shape index (κ3) is 3.01. The summed E-state index contributed by atoms with van der Waals surface area (Å²) in [5.41, 5.74) is 0.547. The lowest BCUT2D eigenvalue weighted by molar-refractivity contribution is -0.144. The number of esters is 1. The summed E-state index contributed by atoms with van der Waals surface area (Å²) in [5.74, 6) is -0.230. The fourth-order valence-electron chi connectivity index (χ4n) is 2.05. The molecule has 120 valence electrons. The molecule has 0 aliphatic carbocycles. The minimum atomic E-state index is -0.934. The van der Waals surface area contributed by atoms with Crippen LogP contribution in [-0.4, -0.2) is 37.1 Å². The minimum Gasteiger partial charge on any atom is -0.465 e. The highest BCUT2D eigenvalue weighted by Gasteiger charge is 2.19. The van der Waals surface area contributed by atoms with Gasteiger partial charge in [-0.2, -0.15) is 10.2 Å². The van der Waals surface area contributed by atoms with Crippen molar-refractivity contribution in [2.75, 3.05) is 6.61 Å². The molecule has 8 heteroatoms. The molecule has 8 nitrogen and oxygen atoms in total. The summed E-state index contributed by atoms with van der Waals surface area (Å²) >= 11 is 0. The number of aromatic nitrogens is 4. The molecular weight excluding hydrogens is 288 g/mol. The van der Waals surface area contributed by atoms with E-state index in [1.807, 2.05) is 13.8 Å². The Kier molecular flexibility index (Phi) is 4.60. The summed E-state index contributed by atoms with van der Waals surface area (Å²) in [4.78, 5) is 24.0. The van der Waals surface area contributed by atoms with Gasteiger partial charge in [0.15, 0.2) is 5.82 Å². The largest absolute Gasteiger partial charge is 0.465 e. The number of rotatable bonds is 5. The van der Waals surface area contributed by atoms with Crippen LogP contribution in [0.5, 0.6) is 0 Å². The summed E-state index contributed by atoms with van der Waals surface area (Å²) in [6.45, 7) is 7.04. The van der Waals surface area contributed by atoms with Gasteiger partial charge in [0.1, 0.15) is 18.2 Å². The van der Waals surface area contributed by atoms with Crippen molar-refractivity contribution in [3.05, 3.63) is 27.9 Å². The maximum Gasteiger partial charge on any atom is 0.327 e. The summed E-state index contributed by atoms with van der Waals surface area (Å²) in [6, 6.07) is 1.65. The number of hydrogen-bond donors (Lipinski definition) is 1. The van der Waals surface area contributed by atoms with Gasteiger partial charge >= 0.3 is 5.97 Å². The van der Waals surface area contributed by atoms with Crippen LogP contribution in [-0.2, 0) is 16.1 Å². The molecule has 1 atom stereocenters.